The highest BCUT2D eigenvalue weighted by molar-refractivity contribution is 5.63. The molecule has 0 radical (unpaired) electrons. The van der Waals surface area contributed by atoms with Crippen molar-refractivity contribution in [1.82, 2.24) is 14.8 Å². The molecule has 0 aliphatic carbocycles. The van der Waals surface area contributed by atoms with E-state index in [-0.39, 0.29) is 5.57 Å². The maximum absolute atomic E-state index is 8.78. The van der Waals surface area contributed by atoms with Crippen LogP contribution in [0.25, 0.3) is 6.08 Å². The molecule has 0 bridgehead atoms. The first-order valence-corrected chi connectivity index (χ1v) is 5.78. The number of methoxy groups -OCH3 is 1. The molecule has 0 saturated heterocycles. The van der Waals surface area contributed by atoms with E-state index in [2.05, 4.69) is 10.1 Å². The van der Waals surface area contributed by atoms with Crippen molar-refractivity contribution < 1.29 is 4.74 Å². The van der Waals surface area contributed by atoms with Crippen LogP contribution >= 0.6 is 0 Å². The van der Waals surface area contributed by atoms with Crippen molar-refractivity contribution in [3.63, 3.8) is 0 Å². The summed E-state index contributed by atoms with van der Waals surface area (Å²) in [5.41, 5.74) is 1.71. The van der Waals surface area contributed by atoms with Gasteiger partial charge in [0.05, 0.1) is 13.7 Å². The second kappa shape index (κ2) is 6.17. The normalized spacial score (nSPS) is 9.35. The maximum Gasteiger partial charge on any atom is 0.137 e. The van der Waals surface area contributed by atoms with Gasteiger partial charge in [-0.3, -0.25) is 0 Å². The van der Waals surface area contributed by atoms with Crippen LogP contribution in [-0.2, 0) is 6.54 Å². The summed E-state index contributed by atoms with van der Waals surface area (Å²) in [5, 5.41) is 21.6. The minimum atomic E-state index is 0.0573. The van der Waals surface area contributed by atoms with Crippen LogP contribution in [0.1, 0.15) is 11.1 Å². The van der Waals surface area contributed by atoms with Crippen LogP contribution in [0.2, 0.25) is 0 Å². The van der Waals surface area contributed by atoms with Crippen molar-refractivity contribution in [1.29, 1.82) is 10.5 Å². The molecule has 2 aromatic rings. The van der Waals surface area contributed by atoms with Crippen LogP contribution < -0.4 is 4.74 Å². The van der Waals surface area contributed by atoms with E-state index < -0.39 is 0 Å². The monoisotopic (exact) mass is 265 g/mol. The van der Waals surface area contributed by atoms with Gasteiger partial charge < -0.3 is 4.74 Å². The Morgan fingerprint density at radius 2 is 2.20 bits per heavy atom. The van der Waals surface area contributed by atoms with Gasteiger partial charge >= 0.3 is 0 Å². The molecule has 0 N–H and O–H groups in total. The third-order valence-electron chi connectivity index (χ3n) is 2.66. The highest BCUT2D eigenvalue weighted by atomic mass is 16.5. The molecule has 6 nitrogen and oxygen atoms in total. The first kappa shape index (κ1) is 13.3. The van der Waals surface area contributed by atoms with Gasteiger partial charge in [0.15, 0.2) is 0 Å². The average Bonchev–Trinajstić information content (AvgIpc) is 2.98. The summed E-state index contributed by atoms with van der Waals surface area (Å²) in [7, 11) is 1.59. The number of ether oxygens (including phenoxy) is 1. The van der Waals surface area contributed by atoms with E-state index in [0.29, 0.717) is 12.3 Å². The van der Waals surface area contributed by atoms with Crippen LogP contribution in [0.15, 0.2) is 36.4 Å². The third-order valence-corrected chi connectivity index (χ3v) is 2.66. The lowest BCUT2D eigenvalue weighted by Crippen LogP contribution is -2.02. The van der Waals surface area contributed by atoms with Gasteiger partial charge in [-0.2, -0.15) is 15.6 Å². The van der Waals surface area contributed by atoms with Crippen LogP contribution in [0.3, 0.4) is 0 Å². The lowest BCUT2D eigenvalue weighted by Gasteiger charge is -2.09. The fourth-order valence-corrected chi connectivity index (χ4v) is 1.76. The molecule has 0 aliphatic heterocycles. The molecule has 0 fully saturated rings. The smallest absolute Gasteiger partial charge is 0.137 e. The maximum atomic E-state index is 8.78. The summed E-state index contributed by atoms with van der Waals surface area (Å²) in [6.45, 7) is 0.499. The number of hydrogen-bond donors (Lipinski definition) is 0. The van der Waals surface area contributed by atoms with E-state index in [4.69, 9.17) is 15.3 Å². The Balaban J connectivity index is 2.37. The lowest BCUT2D eigenvalue weighted by molar-refractivity contribution is 0.407. The average molecular weight is 265 g/mol. The molecule has 2 rings (SSSR count). The molecular weight excluding hydrogens is 254 g/mol. The number of rotatable bonds is 4. The van der Waals surface area contributed by atoms with Crippen LogP contribution in [0.5, 0.6) is 5.75 Å². The van der Waals surface area contributed by atoms with E-state index in [1.165, 1.54) is 12.4 Å². The molecule has 0 atom stereocenters. The number of nitriles is 2. The summed E-state index contributed by atoms with van der Waals surface area (Å²) in [5.74, 6) is 0.716. The Hall–Kier alpha value is -3.12. The second-order valence-electron chi connectivity index (χ2n) is 3.95. The minimum absolute atomic E-state index is 0.0573. The van der Waals surface area contributed by atoms with Gasteiger partial charge in [-0.25, -0.2) is 9.67 Å². The molecule has 20 heavy (non-hydrogen) atoms. The number of aromatic nitrogens is 3. The van der Waals surface area contributed by atoms with Crippen molar-refractivity contribution in [2.75, 3.05) is 7.11 Å². The molecule has 6 heteroatoms. The van der Waals surface area contributed by atoms with Gasteiger partial charge in [-0.15, -0.1) is 0 Å². The van der Waals surface area contributed by atoms with Crippen LogP contribution in [0, 0.1) is 22.7 Å². The van der Waals surface area contributed by atoms with Crippen molar-refractivity contribution in [2.45, 2.75) is 6.54 Å². The van der Waals surface area contributed by atoms with Crippen molar-refractivity contribution in [2.24, 2.45) is 0 Å². The molecule has 0 unspecified atom stereocenters. The first-order chi connectivity index (χ1) is 9.76. The Labute approximate surface area is 116 Å². The highest BCUT2D eigenvalue weighted by Crippen LogP contribution is 2.22. The third kappa shape index (κ3) is 3.01. The molecule has 0 spiro atoms. The number of allylic oxidation sites excluding steroid dienone is 1. The van der Waals surface area contributed by atoms with Crippen molar-refractivity contribution in [3.05, 3.63) is 47.6 Å². The van der Waals surface area contributed by atoms with E-state index in [1.54, 1.807) is 30.3 Å². The largest absolute Gasteiger partial charge is 0.496 e. The SMILES string of the molecule is COc1ccc(C=C(C#N)C#N)cc1Cn1cncn1. The van der Waals surface area contributed by atoms with Gasteiger partial charge in [0.25, 0.3) is 0 Å². The summed E-state index contributed by atoms with van der Waals surface area (Å²) in [6.07, 6.45) is 4.60. The lowest BCUT2D eigenvalue weighted by atomic mass is 10.1. The molecular formula is C14H11N5O. The molecule has 1 aromatic heterocycles. The molecule has 1 aromatic carbocycles. The van der Waals surface area contributed by atoms with Crippen LogP contribution in [0.4, 0.5) is 0 Å². The first-order valence-electron chi connectivity index (χ1n) is 5.78. The Morgan fingerprint density at radius 1 is 1.40 bits per heavy atom. The molecule has 0 saturated carbocycles. The Kier molecular flexibility index (Phi) is 4.10. The topological polar surface area (TPSA) is 87.5 Å². The van der Waals surface area contributed by atoms with Gasteiger partial charge in [-0.05, 0) is 23.8 Å². The summed E-state index contributed by atoms with van der Waals surface area (Å²) in [4.78, 5) is 3.88. The van der Waals surface area contributed by atoms with Crippen LogP contribution in [-0.4, -0.2) is 21.9 Å². The van der Waals surface area contributed by atoms with E-state index in [9.17, 15) is 0 Å². The number of benzene rings is 1. The fourth-order valence-electron chi connectivity index (χ4n) is 1.76. The minimum Gasteiger partial charge on any atom is -0.496 e. The number of hydrogen-bond acceptors (Lipinski definition) is 5. The van der Waals surface area contributed by atoms with Gasteiger partial charge in [0.2, 0.25) is 0 Å². The van der Waals surface area contributed by atoms with Gasteiger partial charge in [-0.1, -0.05) is 6.07 Å². The van der Waals surface area contributed by atoms with Gasteiger partial charge in [0, 0.05) is 5.56 Å². The number of nitrogens with zero attached hydrogens (tertiary/aromatic N) is 5. The fraction of sp³-hybridized carbons (Fsp3) is 0.143. The van der Waals surface area contributed by atoms with E-state index in [0.717, 1.165) is 11.1 Å². The molecule has 1 heterocycles. The molecule has 0 aliphatic rings. The quantitative estimate of drug-likeness (QED) is 0.786. The summed E-state index contributed by atoms with van der Waals surface area (Å²) >= 11 is 0. The predicted molar refractivity (Wildman–Crippen MR) is 71.3 cm³/mol. The zero-order valence-electron chi connectivity index (χ0n) is 10.8. The van der Waals surface area contributed by atoms with Gasteiger partial charge in [0.1, 0.15) is 36.1 Å². The Bertz CT molecular complexity index is 688. The second-order valence-corrected chi connectivity index (χ2v) is 3.95. The summed E-state index contributed by atoms with van der Waals surface area (Å²) < 4.78 is 6.96. The molecule has 98 valence electrons. The summed E-state index contributed by atoms with van der Waals surface area (Å²) in [6, 6.07) is 9.11. The zero-order chi connectivity index (χ0) is 14.4. The standard InChI is InChI=1S/C14H11N5O/c1-20-14-3-2-11(4-12(6-15)7-16)5-13(14)8-19-10-17-9-18-19/h2-5,9-10H,8H2,1H3. The molecule has 0 amide bonds. The zero-order valence-corrected chi connectivity index (χ0v) is 10.8. The van der Waals surface area contributed by atoms with Crippen molar-refractivity contribution >= 4 is 6.08 Å². The van der Waals surface area contributed by atoms with E-state index in [1.807, 2.05) is 18.2 Å². The van der Waals surface area contributed by atoms with Crippen molar-refractivity contribution in [3.8, 4) is 17.9 Å². The highest BCUT2D eigenvalue weighted by Gasteiger charge is 2.06. The Morgan fingerprint density at radius 3 is 2.80 bits per heavy atom. The van der Waals surface area contributed by atoms with E-state index >= 15 is 0 Å². The predicted octanol–water partition coefficient (Wildman–Crippen LogP) is 1.77.